The van der Waals surface area contributed by atoms with Crippen molar-refractivity contribution in [3.8, 4) is 10.6 Å². The quantitative estimate of drug-likeness (QED) is 0.726. The first-order valence-corrected chi connectivity index (χ1v) is 8.92. The molecule has 7 heteroatoms. The van der Waals surface area contributed by atoms with E-state index in [-0.39, 0.29) is 11.8 Å². The van der Waals surface area contributed by atoms with Crippen LogP contribution in [-0.4, -0.2) is 28.1 Å². The average molecular weight is 366 g/mol. The Balaban J connectivity index is 1.60. The van der Waals surface area contributed by atoms with E-state index in [1.165, 1.54) is 11.3 Å². The van der Waals surface area contributed by atoms with E-state index in [0.29, 0.717) is 10.7 Å². The van der Waals surface area contributed by atoms with Crippen LogP contribution in [0.2, 0.25) is 0 Å². The maximum absolute atomic E-state index is 12.3. The summed E-state index contributed by atoms with van der Waals surface area (Å²) in [6.07, 6.45) is 0. The van der Waals surface area contributed by atoms with Crippen LogP contribution < -0.4 is 10.6 Å². The lowest BCUT2D eigenvalue weighted by molar-refractivity contribution is -0.117. The van der Waals surface area contributed by atoms with Crippen LogP contribution in [0.5, 0.6) is 0 Å². The molecule has 0 unspecified atom stereocenters. The Bertz CT molecular complexity index is 907. The second kappa shape index (κ2) is 7.88. The molecule has 0 aliphatic rings. The Morgan fingerprint density at radius 3 is 2.38 bits per heavy atom. The first kappa shape index (κ1) is 17.8. The number of hydrogen-bond acceptors (Lipinski definition) is 5. The minimum atomic E-state index is -0.701. The van der Waals surface area contributed by atoms with Crippen LogP contribution in [0.4, 0.5) is 5.13 Å². The van der Waals surface area contributed by atoms with Gasteiger partial charge in [-0.15, -0.1) is 10.2 Å². The van der Waals surface area contributed by atoms with E-state index in [9.17, 15) is 9.59 Å². The van der Waals surface area contributed by atoms with Crippen molar-refractivity contribution in [2.45, 2.75) is 19.9 Å². The normalized spacial score (nSPS) is 11.6. The lowest BCUT2D eigenvalue weighted by atomic mass is 10.1. The molecular formula is C19H18N4O2S. The highest BCUT2D eigenvalue weighted by molar-refractivity contribution is 7.18. The molecular weight excluding hydrogens is 348 g/mol. The predicted octanol–water partition coefficient (Wildman–Crippen LogP) is 3.27. The van der Waals surface area contributed by atoms with Gasteiger partial charge in [-0.25, -0.2) is 0 Å². The fourth-order valence-electron chi connectivity index (χ4n) is 2.24. The Morgan fingerprint density at radius 2 is 1.69 bits per heavy atom. The van der Waals surface area contributed by atoms with Crippen molar-refractivity contribution in [3.63, 3.8) is 0 Å². The molecule has 26 heavy (non-hydrogen) atoms. The summed E-state index contributed by atoms with van der Waals surface area (Å²) in [6, 6.07) is 16.1. The molecule has 1 atom stereocenters. The van der Waals surface area contributed by atoms with Crippen molar-refractivity contribution >= 4 is 28.3 Å². The molecule has 2 aromatic carbocycles. The van der Waals surface area contributed by atoms with Crippen LogP contribution in [0.15, 0.2) is 54.6 Å². The SMILES string of the molecule is Cc1ccc(C(=O)N[C@H](C)C(=O)Nc2nnc(-c3ccccc3)s2)cc1. The van der Waals surface area contributed by atoms with E-state index in [0.717, 1.165) is 16.1 Å². The van der Waals surface area contributed by atoms with Gasteiger partial charge in [-0.2, -0.15) is 0 Å². The number of nitrogens with zero attached hydrogens (tertiary/aromatic N) is 2. The number of hydrogen-bond donors (Lipinski definition) is 2. The van der Waals surface area contributed by atoms with Gasteiger partial charge >= 0.3 is 0 Å². The van der Waals surface area contributed by atoms with E-state index in [1.54, 1.807) is 19.1 Å². The van der Waals surface area contributed by atoms with Gasteiger partial charge in [-0.3, -0.25) is 14.9 Å². The van der Waals surface area contributed by atoms with Gasteiger partial charge < -0.3 is 5.32 Å². The van der Waals surface area contributed by atoms with Crippen molar-refractivity contribution in [2.75, 3.05) is 5.32 Å². The molecule has 2 N–H and O–H groups in total. The average Bonchev–Trinajstić information content (AvgIpc) is 3.11. The summed E-state index contributed by atoms with van der Waals surface area (Å²) in [7, 11) is 0. The number of benzene rings is 2. The molecule has 3 aromatic rings. The van der Waals surface area contributed by atoms with Gasteiger partial charge in [-0.05, 0) is 26.0 Å². The summed E-state index contributed by atoms with van der Waals surface area (Å²) in [6.45, 7) is 3.57. The summed E-state index contributed by atoms with van der Waals surface area (Å²) in [5.41, 5.74) is 2.52. The maximum Gasteiger partial charge on any atom is 0.251 e. The first-order valence-electron chi connectivity index (χ1n) is 8.10. The van der Waals surface area contributed by atoms with Crippen LogP contribution in [-0.2, 0) is 4.79 Å². The molecule has 2 amide bonds. The molecule has 0 bridgehead atoms. The van der Waals surface area contributed by atoms with Gasteiger partial charge in [0.25, 0.3) is 5.91 Å². The Hall–Kier alpha value is -3.06. The topological polar surface area (TPSA) is 84.0 Å². The summed E-state index contributed by atoms with van der Waals surface area (Å²) in [5, 5.41) is 14.5. The largest absolute Gasteiger partial charge is 0.341 e. The van der Waals surface area contributed by atoms with E-state index < -0.39 is 6.04 Å². The molecule has 0 fully saturated rings. The van der Waals surface area contributed by atoms with Crippen molar-refractivity contribution in [1.29, 1.82) is 0 Å². The third-order valence-corrected chi connectivity index (χ3v) is 4.62. The predicted molar refractivity (Wildman–Crippen MR) is 102 cm³/mol. The molecule has 0 radical (unpaired) electrons. The van der Waals surface area contributed by atoms with Gasteiger partial charge in [0.05, 0.1) is 0 Å². The fraction of sp³-hybridized carbons (Fsp3) is 0.158. The molecule has 0 aliphatic heterocycles. The Labute approximate surface area is 155 Å². The smallest absolute Gasteiger partial charge is 0.251 e. The maximum atomic E-state index is 12.3. The lowest BCUT2D eigenvalue weighted by Crippen LogP contribution is -2.41. The van der Waals surface area contributed by atoms with Gasteiger partial charge in [-0.1, -0.05) is 59.4 Å². The van der Waals surface area contributed by atoms with Gasteiger partial charge in [0.1, 0.15) is 11.0 Å². The van der Waals surface area contributed by atoms with Gasteiger partial charge in [0, 0.05) is 11.1 Å². The molecule has 0 saturated heterocycles. The summed E-state index contributed by atoms with van der Waals surface area (Å²) < 4.78 is 0. The number of nitrogens with one attached hydrogen (secondary N) is 2. The molecule has 1 heterocycles. The first-order chi connectivity index (χ1) is 12.5. The summed E-state index contributed by atoms with van der Waals surface area (Å²) >= 11 is 1.28. The Kier molecular flexibility index (Phi) is 5.38. The number of carbonyl (C=O) groups excluding carboxylic acids is 2. The molecule has 6 nitrogen and oxygen atoms in total. The number of aryl methyl sites for hydroxylation is 1. The highest BCUT2D eigenvalue weighted by Crippen LogP contribution is 2.25. The van der Waals surface area contributed by atoms with Gasteiger partial charge in [0.2, 0.25) is 11.0 Å². The highest BCUT2D eigenvalue weighted by atomic mass is 32.1. The molecule has 0 spiro atoms. The number of carbonyl (C=O) groups is 2. The van der Waals surface area contributed by atoms with Crippen molar-refractivity contribution < 1.29 is 9.59 Å². The molecule has 132 valence electrons. The zero-order valence-corrected chi connectivity index (χ0v) is 15.2. The summed E-state index contributed by atoms with van der Waals surface area (Å²) in [4.78, 5) is 24.5. The summed E-state index contributed by atoms with van der Waals surface area (Å²) in [5.74, 6) is -0.642. The van der Waals surface area contributed by atoms with Crippen molar-refractivity contribution in [3.05, 3.63) is 65.7 Å². The van der Waals surface area contributed by atoms with Crippen molar-refractivity contribution in [1.82, 2.24) is 15.5 Å². The fourth-order valence-corrected chi connectivity index (χ4v) is 2.99. The standard InChI is InChI=1S/C19H18N4O2S/c1-12-8-10-14(11-9-12)17(25)20-13(2)16(24)21-19-23-22-18(26-19)15-6-4-3-5-7-15/h3-11,13H,1-2H3,(H,20,25)(H,21,23,24)/t13-/m1/s1. The van der Waals surface area contributed by atoms with Crippen LogP contribution in [0.3, 0.4) is 0 Å². The van der Waals surface area contributed by atoms with Gasteiger partial charge in [0.15, 0.2) is 0 Å². The third-order valence-electron chi connectivity index (χ3n) is 3.73. The Morgan fingerprint density at radius 1 is 1.00 bits per heavy atom. The third kappa shape index (κ3) is 4.31. The second-order valence-corrected chi connectivity index (χ2v) is 6.81. The number of anilines is 1. The van der Waals surface area contributed by atoms with Crippen LogP contribution in [0, 0.1) is 6.92 Å². The van der Waals surface area contributed by atoms with Crippen LogP contribution in [0.1, 0.15) is 22.8 Å². The van der Waals surface area contributed by atoms with Crippen LogP contribution >= 0.6 is 11.3 Å². The van der Waals surface area contributed by atoms with E-state index >= 15 is 0 Å². The lowest BCUT2D eigenvalue weighted by Gasteiger charge is -2.12. The van der Waals surface area contributed by atoms with Crippen LogP contribution in [0.25, 0.3) is 10.6 Å². The highest BCUT2D eigenvalue weighted by Gasteiger charge is 2.18. The minimum Gasteiger partial charge on any atom is -0.341 e. The molecule has 0 aliphatic carbocycles. The van der Waals surface area contributed by atoms with Crippen molar-refractivity contribution in [2.24, 2.45) is 0 Å². The number of rotatable bonds is 5. The zero-order valence-electron chi connectivity index (χ0n) is 14.4. The minimum absolute atomic E-state index is 0.296. The molecule has 0 saturated carbocycles. The van der Waals surface area contributed by atoms with E-state index in [2.05, 4.69) is 20.8 Å². The van der Waals surface area contributed by atoms with E-state index in [4.69, 9.17) is 0 Å². The second-order valence-electron chi connectivity index (χ2n) is 5.83. The van der Waals surface area contributed by atoms with E-state index in [1.807, 2.05) is 49.4 Å². The molecule has 3 rings (SSSR count). The number of amides is 2. The zero-order chi connectivity index (χ0) is 18.5. The monoisotopic (exact) mass is 366 g/mol. The molecule has 1 aromatic heterocycles. The number of aromatic nitrogens is 2.